The molecule has 12 nitrogen and oxygen atoms in total. The van der Waals surface area contributed by atoms with Crippen molar-refractivity contribution in [3.05, 3.63) is 47.7 Å². The summed E-state index contributed by atoms with van der Waals surface area (Å²) in [5.41, 5.74) is 1.05. The largest absolute Gasteiger partial charge is 0.465 e. The number of aromatic nitrogens is 3. The van der Waals surface area contributed by atoms with Crippen molar-refractivity contribution in [3.63, 3.8) is 0 Å². The van der Waals surface area contributed by atoms with Gasteiger partial charge in [0, 0.05) is 82.4 Å². The number of nitrogens with one attached hydrogen (secondary N) is 1. The highest BCUT2D eigenvalue weighted by Gasteiger charge is 2.41. The molecule has 2 aromatic rings. The lowest BCUT2D eigenvalue weighted by Gasteiger charge is -2.43. The summed E-state index contributed by atoms with van der Waals surface area (Å²) >= 11 is 0. The zero-order chi connectivity index (χ0) is 33.4. The molecule has 2 atom stereocenters. The minimum Gasteiger partial charge on any atom is -0.465 e. The van der Waals surface area contributed by atoms with Gasteiger partial charge in [0.2, 0.25) is 5.91 Å². The highest BCUT2D eigenvalue weighted by atomic mass is 16.5. The van der Waals surface area contributed by atoms with Crippen molar-refractivity contribution in [3.8, 4) is 0 Å². The first-order chi connectivity index (χ1) is 21.9. The van der Waals surface area contributed by atoms with Crippen LogP contribution in [0.4, 0.5) is 10.6 Å². The number of amides is 3. The molecule has 0 spiro atoms. The predicted octanol–water partition coefficient (Wildman–Crippen LogP) is 4.49. The number of ether oxygens (including phenoxy) is 1. The summed E-state index contributed by atoms with van der Waals surface area (Å²) in [6.45, 7) is 13.1. The van der Waals surface area contributed by atoms with E-state index >= 15 is 0 Å². The summed E-state index contributed by atoms with van der Waals surface area (Å²) < 4.78 is 5.19. The van der Waals surface area contributed by atoms with E-state index in [-0.39, 0.29) is 36.2 Å². The van der Waals surface area contributed by atoms with E-state index in [1.54, 1.807) is 24.4 Å². The van der Waals surface area contributed by atoms with Gasteiger partial charge in [0.25, 0.3) is 5.91 Å². The molecule has 0 bridgehead atoms. The highest BCUT2D eigenvalue weighted by molar-refractivity contribution is 5.98. The van der Waals surface area contributed by atoms with Gasteiger partial charge in [-0.15, -0.1) is 0 Å². The fourth-order valence-corrected chi connectivity index (χ4v) is 6.31. The Bertz CT molecular complexity index is 1320. The SMILES string of the molecule is COCCCNc1nc(C(C)(C)C)ncc1C(=O)N(CC(C)C)[C@H]1C[C@@H](C(=O)N2CCC(c3ccccn3)CC2)CN(C(=O)O)C1. The summed E-state index contributed by atoms with van der Waals surface area (Å²) in [6.07, 6.45) is 5.02. The molecule has 0 radical (unpaired) electrons. The van der Waals surface area contributed by atoms with Crippen LogP contribution in [-0.2, 0) is 14.9 Å². The van der Waals surface area contributed by atoms with Crippen LogP contribution in [0.15, 0.2) is 30.6 Å². The van der Waals surface area contributed by atoms with Gasteiger partial charge in [-0.3, -0.25) is 14.6 Å². The summed E-state index contributed by atoms with van der Waals surface area (Å²) in [5.74, 6) is 0.591. The lowest BCUT2D eigenvalue weighted by molar-refractivity contribution is -0.139. The van der Waals surface area contributed by atoms with E-state index in [0.717, 1.165) is 25.0 Å². The molecule has 4 rings (SSSR count). The minimum atomic E-state index is -1.09. The van der Waals surface area contributed by atoms with Gasteiger partial charge in [0.15, 0.2) is 0 Å². The third-order valence-corrected chi connectivity index (χ3v) is 8.73. The minimum absolute atomic E-state index is 0.0503. The Morgan fingerprint density at radius 3 is 2.46 bits per heavy atom. The van der Waals surface area contributed by atoms with Crippen LogP contribution < -0.4 is 5.32 Å². The van der Waals surface area contributed by atoms with Crippen LogP contribution in [0.5, 0.6) is 0 Å². The van der Waals surface area contributed by atoms with Gasteiger partial charge in [-0.25, -0.2) is 14.8 Å². The Hall–Kier alpha value is -3.80. The molecule has 0 unspecified atom stereocenters. The molecule has 2 aliphatic rings. The fourth-order valence-electron chi connectivity index (χ4n) is 6.31. The number of anilines is 1. The van der Waals surface area contributed by atoms with Gasteiger partial charge in [0.05, 0.1) is 12.0 Å². The third kappa shape index (κ3) is 8.92. The van der Waals surface area contributed by atoms with Crippen molar-refractivity contribution >= 4 is 23.7 Å². The molecular formula is C34H51N7O5. The van der Waals surface area contributed by atoms with Gasteiger partial charge >= 0.3 is 6.09 Å². The number of carboxylic acid groups (broad SMARTS) is 1. The zero-order valence-electron chi connectivity index (χ0n) is 28.2. The number of methoxy groups -OCH3 is 1. The quantitative estimate of drug-likeness (QED) is 0.341. The maximum atomic E-state index is 14.4. The first kappa shape index (κ1) is 35.1. The molecule has 2 aliphatic heterocycles. The smallest absolute Gasteiger partial charge is 0.407 e. The Morgan fingerprint density at radius 2 is 1.85 bits per heavy atom. The van der Waals surface area contributed by atoms with Crippen molar-refractivity contribution < 1.29 is 24.2 Å². The molecule has 252 valence electrons. The van der Waals surface area contributed by atoms with Gasteiger partial charge in [-0.05, 0) is 43.7 Å². The van der Waals surface area contributed by atoms with Crippen molar-refractivity contribution in [2.45, 2.75) is 77.7 Å². The first-order valence-electron chi connectivity index (χ1n) is 16.5. The average Bonchev–Trinajstić information content (AvgIpc) is 3.04. The fraction of sp³-hybridized carbons (Fsp3) is 0.647. The second kappa shape index (κ2) is 15.7. The molecule has 2 fully saturated rings. The third-order valence-electron chi connectivity index (χ3n) is 8.73. The summed E-state index contributed by atoms with van der Waals surface area (Å²) in [6, 6.07) is 5.43. The number of carbonyl (C=O) groups is 3. The van der Waals surface area contributed by atoms with Crippen LogP contribution in [0.1, 0.15) is 88.1 Å². The van der Waals surface area contributed by atoms with E-state index in [9.17, 15) is 19.5 Å². The van der Waals surface area contributed by atoms with Crippen molar-refractivity contribution in [1.29, 1.82) is 0 Å². The van der Waals surface area contributed by atoms with E-state index in [2.05, 4.69) is 15.3 Å². The lowest BCUT2D eigenvalue weighted by atomic mass is 9.88. The summed E-state index contributed by atoms with van der Waals surface area (Å²) in [5, 5.41) is 13.4. The lowest BCUT2D eigenvalue weighted by Crippen LogP contribution is -2.57. The van der Waals surface area contributed by atoms with Crippen molar-refractivity contribution in [2.24, 2.45) is 11.8 Å². The monoisotopic (exact) mass is 637 g/mol. The second-order valence-corrected chi connectivity index (χ2v) is 14.0. The Kier molecular flexibility index (Phi) is 11.9. The number of piperidine rings is 2. The Balaban J connectivity index is 1.57. The molecule has 4 heterocycles. The number of nitrogens with zero attached hydrogens (tertiary/aromatic N) is 6. The molecule has 46 heavy (non-hydrogen) atoms. The Morgan fingerprint density at radius 1 is 1.11 bits per heavy atom. The van der Waals surface area contributed by atoms with Crippen molar-refractivity contribution in [1.82, 2.24) is 29.7 Å². The van der Waals surface area contributed by atoms with E-state index in [4.69, 9.17) is 9.72 Å². The van der Waals surface area contributed by atoms with E-state index in [0.29, 0.717) is 62.3 Å². The molecule has 0 saturated carbocycles. The average molecular weight is 638 g/mol. The van der Waals surface area contributed by atoms with E-state index in [1.807, 2.05) is 57.7 Å². The number of likely N-dealkylation sites (tertiary alicyclic amines) is 2. The molecule has 2 N–H and O–H groups in total. The molecule has 3 amide bonds. The number of rotatable bonds is 11. The van der Waals surface area contributed by atoms with Gasteiger partial charge in [-0.2, -0.15) is 0 Å². The van der Waals surface area contributed by atoms with Crippen LogP contribution in [0.25, 0.3) is 0 Å². The highest BCUT2D eigenvalue weighted by Crippen LogP contribution is 2.31. The molecular weight excluding hydrogens is 586 g/mol. The number of hydrogen-bond donors (Lipinski definition) is 2. The predicted molar refractivity (Wildman–Crippen MR) is 176 cm³/mol. The summed E-state index contributed by atoms with van der Waals surface area (Å²) in [4.78, 5) is 59.4. The number of hydrogen-bond acceptors (Lipinski definition) is 8. The van der Waals surface area contributed by atoms with Crippen LogP contribution in [0.3, 0.4) is 0 Å². The van der Waals surface area contributed by atoms with Gasteiger partial charge in [-0.1, -0.05) is 40.7 Å². The maximum Gasteiger partial charge on any atom is 0.407 e. The molecule has 12 heteroatoms. The van der Waals surface area contributed by atoms with E-state index < -0.39 is 18.1 Å². The normalized spacial score (nSPS) is 19.3. The van der Waals surface area contributed by atoms with Crippen LogP contribution >= 0.6 is 0 Å². The standard InChI is InChI=1S/C34H51N7O5/c1-23(2)20-41(31(43)27-19-37-32(34(3,4)5)38-29(27)36-14-9-17-46-6)26-18-25(21-40(22-26)33(44)45)30(42)39-15-11-24(12-16-39)28-10-7-8-13-35-28/h7-8,10,13,19,23-26H,9,11-12,14-18,20-22H2,1-6H3,(H,44,45)(H,36,37,38)/t25-,26+/m1/s1. The first-order valence-corrected chi connectivity index (χ1v) is 16.5. The molecule has 0 aliphatic carbocycles. The van der Waals surface area contributed by atoms with E-state index in [1.165, 1.54) is 4.90 Å². The van der Waals surface area contributed by atoms with Crippen LogP contribution in [0.2, 0.25) is 0 Å². The maximum absolute atomic E-state index is 14.4. The van der Waals surface area contributed by atoms with Gasteiger partial charge < -0.3 is 29.9 Å². The zero-order valence-corrected chi connectivity index (χ0v) is 28.2. The molecule has 2 aromatic heterocycles. The van der Waals surface area contributed by atoms with Crippen LogP contribution in [-0.4, -0.2) is 112 Å². The molecule has 0 aromatic carbocycles. The Labute approximate surface area is 272 Å². The van der Waals surface area contributed by atoms with Crippen LogP contribution in [0, 0.1) is 11.8 Å². The second-order valence-electron chi connectivity index (χ2n) is 14.0. The number of pyridine rings is 1. The number of carbonyl (C=O) groups excluding carboxylic acids is 2. The summed E-state index contributed by atoms with van der Waals surface area (Å²) in [7, 11) is 1.65. The molecule has 2 saturated heterocycles. The van der Waals surface area contributed by atoms with Gasteiger partial charge in [0.1, 0.15) is 17.2 Å². The topological polar surface area (TPSA) is 141 Å². The van der Waals surface area contributed by atoms with Crippen molar-refractivity contribution in [2.75, 3.05) is 58.3 Å².